The highest BCUT2D eigenvalue weighted by Crippen LogP contribution is 2.39. The zero-order chi connectivity index (χ0) is 24.2. The standard InChI is InChI=1S/C29H31NO4/c1-5-33-27(31)15-24-20(3)25-16-30(29(32)34-18-22-9-7-6-8-10-22)17-26(25)21(4)28(24)23-13-11-19(2)12-14-23/h6-14H,5,15-18H2,1-4H3. The van der Waals surface area contributed by atoms with Gasteiger partial charge in [-0.25, -0.2) is 4.79 Å². The van der Waals surface area contributed by atoms with Crippen molar-refractivity contribution >= 4 is 12.1 Å². The number of aryl methyl sites for hydroxylation is 1. The fourth-order valence-electron chi connectivity index (χ4n) is 4.69. The minimum absolute atomic E-state index is 0.204. The number of carbonyl (C=O) groups excluding carboxylic acids is 2. The van der Waals surface area contributed by atoms with Gasteiger partial charge in [0.15, 0.2) is 0 Å². The summed E-state index contributed by atoms with van der Waals surface area (Å²) in [6, 6.07) is 18.0. The highest BCUT2D eigenvalue weighted by Gasteiger charge is 2.31. The van der Waals surface area contributed by atoms with E-state index in [9.17, 15) is 9.59 Å². The molecule has 0 N–H and O–H groups in total. The van der Waals surface area contributed by atoms with Gasteiger partial charge in [-0.1, -0.05) is 60.2 Å². The molecule has 1 aliphatic rings. The molecular formula is C29H31NO4. The van der Waals surface area contributed by atoms with Crippen LogP contribution in [0.5, 0.6) is 0 Å². The van der Waals surface area contributed by atoms with Crippen LogP contribution in [0.25, 0.3) is 11.1 Å². The summed E-state index contributed by atoms with van der Waals surface area (Å²) >= 11 is 0. The topological polar surface area (TPSA) is 55.8 Å². The van der Waals surface area contributed by atoms with E-state index >= 15 is 0 Å². The quantitative estimate of drug-likeness (QED) is 0.424. The lowest BCUT2D eigenvalue weighted by Gasteiger charge is -2.20. The molecule has 1 aliphatic heterocycles. The van der Waals surface area contributed by atoms with Crippen molar-refractivity contribution in [2.45, 2.75) is 53.8 Å². The van der Waals surface area contributed by atoms with Gasteiger partial charge in [0.25, 0.3) is 0 Å². The monoisotopic (exact) mass is 457 g/mol. The number of benzene rings is 3. The molecule has 3 aromatic carbocycles. The number of hydrogen-bond donors (Lipinski definition) is 0. The zero-order valence-corrected chi connectivity index (χ0v) is 20.3. The average Bonchev–Trinajstić information content (AvgIpc) is 3.29. The van der Waals surface area contributed by atoms with Crippen LogP contribution in [0.4, 0.5) is 4.79 Å². The molecular weight excluding hydrogens is 426 g/mol. The van der Waals surface area contributed by atoms with Gasteiger partial charge in [0.05, 0.1) is 13.0 Å². The molecule has 0 atom stereocenters. The van der Waals surface area contributed by atoms with Crippen LogP contribution in [0.15, 0.2) is 54.6 Å². The van der Waals surface area contributed by atoms with Crippen molar-refractivity contribution < 1.29 is 19.1 Å². The molecule has 34 heavy (non-hydrogen) atoms. The first-order valence-corrected chi connectivity index (χ1v) is 11.7. The number of rotatable bonds is 6. The van der Waals surface area contributed by atoms with E-state index in [2.05, 4.69) is 38.1 Å². The maximum atomic E-state index is 12.9. The molecule has 0 fully saturated rings. The second-order valence-corrected chi connectivity index (χ2v) is 8.80. The van der Waals surface area contributed by atoms with Crippen LogP contribution in [0.2, 0.25) is 0 Å². The van der Waals surface area contributed by atoms with E-state index in [0.29, 0.717) is 19.7 Å². The molecule has 176 valence electrons. The second kappa shape index (κ2) is 10.1. The summed E-state index contributed by atoms with van der Waals surface area (Å²) in [5.74, 6) is -0.240. The lowest BCUT2D eigenvalue weighted by molar-refractivity contribution is -0.142. The normalized spacial score (nSPS) is 12.4. The summed E-state index contributed by atoms with van der Waals surface area (Å²) in [6.45, 7) is 9.57. The third-order valence-corrected chi connectivity index (χ3v) is 6.53. The zero-order valence-electron chi connectivity index (χ0n) is 20.3. The minimum atomic E-state index is -0.331. The smallest absolute Gasteiger partial charge is 0.410 e. The van der Waals surface area contributed by atoms with Crippen LogP contribution in [0.1, 0.15) is 45.9 Å². The van der Waals surface area contributed by atoms with Gasteiger partial charge in [-0.2, -0.15) is 0 Å². The highest BCUT2D eigenvalue weighted by atomic mass is 16.6. The molecule has 1 amide bonds. The molecule has 0 bridgehead atoms. The molecule has 5 nitrogen and oxygen atoms in total. The van der Waals surface area contributed by atoms with Crippen molar-refractivity contribution in [1.29, 1.82) is 0 Å². The van der Waals surface area contributed by atoms with E-state index < -0.39 is 0 Å². The van der Waals surface area contributed by atoms with Gasteiger partial charge >= 0.3 is 12.1 Å². The van der Waals surface area contributed by atoms with Gasteiger partial charge in [-0.3, -0.25) is 9.69 Å². The average molecular weight is 458 g/mol. The summed E-state index contributed by atoms with van der Waals surface area (Å²) in [5.41, 5.74) is 9.61. The maximum Gasteiger partial charge on any atom is 0.410 e. The molecule has 0 aliphatic carbocycles. The Labute approximate surface area is 201 Å². The van der Waals surface area contributed by atoms with Gasteiger partial charge in [0.2, 0.25) is 0 Å². The van der Waals surface area contributed by atoms with Crippen LogP contribution in [-0.4, -0.2) is 23.6 Å². The molecule has 5 heteroatoms. The molecule has 0 saturated carbocycles. The molecule has 0 radical (unpaired) electrons. The van der Waals surface area contributed by atoms with Crippen molar-refractivity contribution in [2.75, 3.05) is 6.61 Å². The van der Waals surface area contributed by atoms with Crippen molar-refractivity contribution in [1.82, 2.24) is 4.90 Å². The van der Waals surface area contributed by atoms with Crippen LogP contribution < -0.4 is 0 Å². The lowest BCUT2D eigenvalue weighted by atomic mass is 9.84. The van der Waals surface area contributed by atoms with Gasteiger partial charge in [-0.15, -0.1) is 0 Å². The van der Waals surface area contributed by atoms with E-state index in [1.165, 1.54) is 5.56 Å². The number of ether oxygens (including phenoxy) is 2. The Morgan fingerprint density at radius 3 is 2.15 bits per heavy atom. The molecule has 1 heterocycles. The van der Waals surface area contributed by atoms with Crippen LogP contribution in [-0.2, 0) is 40.4 Å². The Hall–Kier alpha value is -3.60. The first-order chi connectivity index (χ1) is 16.4. The summed E-state index contributed by atoms with van der Waals surface area (Å²) in [6.07, 6.45) is -0.127. The number of carbonyl (C=O) groups is 2. The van der Waals surface area contributed by atoms with Gasteiger partial charge in [0, 0.05) is 13.1 Å². The molecule has 4 rings (SSSR count). The SMILES string of the molecule is CCOC(=O)Cc1c(C)c2c(c(C)c1-c1ccc(C)cc1)CN(C(=O)OCc1ccccc1)C2. The predicted octanol–water partition coefficient (Wildman–Crippen LogP) is 6.04. The van der Waals surface area contributed by atoms with Crippen molar-refractivity contribution in [3.05, 3.63) is 93.5 Å². The minimum Gasteiger partial charge on any atom is -0.466 e. The van der Waals surface area contributed by atoms with Crippen LogP contribution in [0.3, 0.4) is 0 Å². The number of fused-ring (bicyclic) bond motifs is 1. The second-order valence-electron chi connectivity index (χ2n) is 8.80. The summed E-state index contributed by atoms with van der Waals surface area (Å²) in [5, 5.41) is 0. The van der Waals surface area contributed by atoms with E-state index in [4.69, 9.17) is 9.47 Å². The van der Waals surface area contributed by atoms with Crippen molar-refractivity contribution in [2.24, 2.45) is 0 Å². The fraction of sp³-hybridized carbons (Fsp3) is 0.310. The first-order valence-electron chi connectivity index (χ1n) is 11.7. The van der Waals surface area contributed by atoms with E-state index in [0.717, 1.165) is 44.5 Å². The van der Waals surface area contributed by atoms with Gasteiger partial charge in [0.1, 0.15) is 6.61 Å². The van der Waals surface area contributed by atoms with E-state index in [-0.39, 0.29) is 25.1 Å². The van der Waals surface area contributed by atoms with Gasteiger partial charge < -0.3 is 9.47 Å². The Balaban J connectivity index is 1.67. The number of amides is 1. The number of nitrogens with zero attached hydrogens (tertiary/aromatic N) is 1. The van der Waals surface area contributed by atoms with Crippen LogP contribution >= 0.6 is 0 Å². The summed E-state index contributed by atoms with van der Waals surface area (Å²) in [4.78, 5) is 27.1. The van der Waals surface area contributed by atoms with E-state index in [1.807, 2.05) is 44.2 Å². The molecule has 0 spiro atoms. The van der Waals surface area contributed by atoms with Crippen LogP contribution in [0, 0.1) is 20.8 Å². The fourth-order valence-corrected chi connectivity index (χ4v) is 4.69. The molecule has 0 saturated heterocycles. The Kier molecular flexibility index (Phi) is 7.01. The molecule has 0 unspecified atom stereocenters. The largest absolute Gasteiger partial charge is 0.466 e. The molecule has 3 aromatic rings. The number of hydrogen-bond acceptors (Lipinski definition) is 4. The maximum absolute atomic E-state index is 12.9. The predicted molar refractivity (Wildman–Crippen MR) is 132 cm³/mol. The molecule has 0 aromatic heterocycles. The first kappa shape index (κ1) is 23.6. The highest BCUT2D eigenvalue weighted by molar-refractivity contribution is 5.83. The van der Waals surface area contributed by atoms with E-state index in [1.54, 1.807) is 4.90 Å². The van der Waals surface area contributed by atoms with Crippen molar-refractivity contribution in [3.8, 4) is 11.1 Å². The van der Waals surface area contributed by atoms with Crippen molar-refractivity contribution in [3.63, 3.8) is 0 Å². The lowest BCUT2D eigenvalue weighted by Crippen LogP contribution is -2.26. The Morgan fingerprint density at radius 2 is 1.50 bits per heavy atom. The summed E-state index contributed by atoms with van der Waals surface area (Å²) < 4.78 is 10.9. The van der Waals surface area contributed by atoms with Gasteiger partial charge in [-0.05, 0) is 72.2 Å². The summed E-state index contributed by atoms with van der Waals surface area (Å²) in [7, 11) is 0. The third-order valence-electron chi connectivity index (χ3n) is 6.53. The Bertz CT molecular complexity index is 1200. The Morgan fingerprint density at radius 1 is 0.853 bits per heavy atom. The third kappa shape index (κ3) is 4.84. The number of esters is 1.